The van der Waals surface area contributed by atoms with Crippen LogP contribution in [0.3, 0.4) is 0 Å². The lowest BCUT2D eigenvalue weighted by molar-refractivity contribution is -1.02. The molecule has 25 heavy (non-hydrogen) atoms. The number of amides is 1. The van der Waals surface area contributed by atoms with Crippen molar-refractivity contribution in [2.24, 2.45) is 0 Å². The second kappa shape index (κ2) is 8.32. The molecule has 3 N–H and O–H groups in total. The van der Waals surface area contributed by atoms with E-state index in [4.69, 9.17) is 4.42 Å². The summed E-state index contributed by atoms with van der Waals surface area (Å²) in [4.78, 5) is 15.2. The fourth-order valence-corrected chi connectivity index (χ4v) is 3.52. The molecule has 134 valence electrons. The highest BCUT2D eigenvalue weighted by Gasteiger charge is 2.25. The lowest BCUT2D eigenvalue weighted by Gasteiger charge is -2.29. The standard InChI is InChI=1S/C20H27N3O2/c1-16-6-3-4-7-18(16)14-22-9-11-23(12-10-22)15-20(24)21-17(2)19-8-5-13-25-19/h3-8,13,17H,9-12,14-15H2,1-2H3,(H,21,24)/p+2/t17-/m0/s1. The fourth-order valence-electron chi connectivity index (χ4n) is 3.52. The van der Waals surface area contributed by atoms with Gasteiger partial charge in [-0.15, -0.1) is 0 Å². The Bertz CT molecular complexity index is 676. The molecular formula is C20H29N3O2+2. The second-order valence-corrected chi connectivity index (χ2v) is 7.08. The summed E-state index contributed by atoms with van der Waals surface area (Å²) in [6, 6.07) is 12.3. The molecule has 0 saturated carbocycles. The summed E-state index contributed by atoms with van der Waals surface area (Å²) in [6.07, 6.45) is 1.64. The third-order valence-electron chi connectivity index (χ3n) is 5.12. The van der Waals surface area contributed by atoms with E-state index in [-0.39, 0.29) is 11.9 Å². The molecular weight excluding hydrogens is 314 g/mol. The van der Waals surface area contributed by atoms with Crippen LogP contribution >= 0.6 is 0 Å². The topological polar surface area (TPSA) is 51.1 Å². The van der Waals surface area contributed by atoms with E-state index in [1.54, 1.807) is 11.2 Å². The van der Waals surface area contributed by atoms with Crippen molar-refractivity contribution in [1.29, 1.82) is 0 Å². The van der Waals surface area contributed by atoms with Crippen molar-refractivity contribution in [3.05, 3.63) is 59.5 Å². The number of piperazine rings is 1. The van der Waals surface area contributed by atoms with Crippen LogP contribution in [-0.2, 0) is 11.3 Å². The summed E-state index contributed by atoms with van der Waals surface area (Å²) in [7, 11) is 0. The maximum Gasteiger partial charge on any atom is 0.275 e. The zero-order valence-electron chi connectivity index (χ0n) is 15.2. The number of benzene rings is 1. The van der Waals surface area contributed by atoms with Gasteiger partial charge < -0.3 is 19.5 Å². The van der Waals surface area contributed by atoms with Crippen LogP contribution < -0.4 is 15.1 Å². The first-order valence-electron chi connectivity index (χ1n) is 9.16. The summed E-state index contributed by atoms with van der Waals surface area (Å²) in [5.41, 5.74) is 2.81. The number of aryl methyl sites for hydroxylation is 1. The summed E-state index contributed by atoms with van der Waals surface area (Å²) < 4.78 is 5.34. The van der Waals surface area contributed by atoms with Gasteiger partial charge in [-0.25, -0.2) is 0 Å². The van der Waals surface area contributed by atoms with E-state index in [9.17, 15) is 4.79 Å². The van der Waals surface area contributed by atoms with Crippen LogP contribution in [0.25, 0.3) is 0 Å². The molecule has 0 unspecified atom stereocenters. The second-order valence-electron chi connectivity index (χ2n) is 7.08. The number of carbonyl (C=O) groups is 1. The maximum atomic E-state index is 12.3. The minimum atomic E-state index is -0.0742. The minimum absolute atomic E-state index is 0.0742. The van der Waals surface area contributed by atoms with Crippen molar-refractivity contribution in [1.82, 2.24) is 5.32 Å². The molecule has 1 fully saturated rings. The molecule has 1 aliphatic heterocycles. The van der Waals surface area contributed by atoms with Gasteiger partial charge in [-0.05, 0) is 31.5 Å². The van der Waals surface area contributed by atoms with Crippen molar-refractivity contribution in [3.8, 4) is 0 Å². The lowest BCUT2D eigenvalue weighted by Crippen LogP contribution is -3.28. The van der Waals surface area contributed by atoms with Gasteiger partial charge in [-0.2, -0.15) is 0 Å². The van der Waals surface area contributed by atoms with E-state index in [1.165, 1.54) is 16.0 Å². The van der Waals surface area contributed by atoms with Gasteiger partial charge in [0, 0.05) is 5.56 Å². The Hall–Kier alpha value is -2.11. The third-order valence-corrected chi connectivity index (χ3v) is 5.12. The largest absolute Gasteiger partial charge is 0.467 e. The SMILES string of the molecule is Cc1ccccc1C[NH+]1CC[NH+](CC(=O)N[C@@H](C)c2ccco2)CC1. The number of rotatable bonds is 6. The Morgan fingerprint density at radius 1 is 1.12 bits per heavy atom. The molecule has 0 aliphatic carbocycles. The monoisotopic (exact) mass is 343 g/mol. The molecule has 0 bridgehead atoms. The first kappa shape index (κ1) is 17.7. The molecule has 1 atom stereocenters. The molecule has 1 aliphatic rings. The number of furan rings is 1. The van der Waals surface area contributed by atoms with Gasteiger partial charge in [-0.1, -0.05) is 24.3 Å². The Labute approximate surface area is 149 Å². The van der Waals surface area contributed by atoms with Crippen LogP contribution in [-0.4, -0.2) is 38.6 Å². The first-order chi connectivity index (χ1) is 12.1. The highest BCUT2D eigenvalue weighted by Crippen LogP contribution is 2.11. The zero-order chi connectivity index (χ0) is 17.6. The quantitative estimate of drug-likeness (QED) is 0.677. The van der Waals surface area contributed by atoms with Gasteiger partial charge in [0.05, 0.1) is 12.3 Å². The predicted molar refractivity (Wildman–Crippen MR) is 96.4 cm³/mol. The molecule has 2 heterocycles. The molecule has 1 aromatic heterocycles. The molecule has 1 saturated heterocycles. The Morgan fingerprint density at radius 2 is 1.84 bits per heavy atom. The Balaban J connectivity index is 1.41. The molecule has 5 heteroatoms. The van der Waals surface area contributed by atoms with Crippen molar-refractivity contribution in [2.45, 2.75) is 26.4 Å². The average Bonchev–Trinajstić information content (AvgIpc) is 3.13. The summed E-state index contributed by atoms with van der Waals surface area (Å²) in [5, 5.41) is 3.03. The normalized spacial score (nSPS) is 21.7. The molecule has 0 spiro atoms. The summed E-state index contributed by atoms with van der Waals surface area (Å²) in [5.74, 6) is 0.900. The van der Waals surface area contributed by atoms with E-state index in [0.717, 1.165) is 38.5 Å². The van der Waals surface area contributed by atoms with E-state index in [1.807, 2.05) is 19.1 Å². The van der Waals surface area contributed by atoms with E-state index in [0.29, 0.717) is 6.54 Å². The summed E-state index contributed by atoms with van der Waals surface area (Å²) in [6.45, 7) is 10.1. The number of carbonyl (C=O) groups excluding carboxylic acids is 1. The first-order valence-corrected chi connectivity index (χ1v) is 9.16. The van der Waals surface area contributed by atoms with E-state index in [2.05, 4.69) is 36.5 Å². The lowest BCUT2D eigenvalue weighted by atomic mass is 10.1. The van der Waals surface area contributed by atoms with Gasteiger partial charge in [0.1, 0.15) is 38.5 Å². The molecule has 1 amide bonds. The summed E-state index contributed by atoms with van der Waals surface area (Å²) >= 11 is 0. The van der Waals surface area contributed by atoms with Crippen LogP contribution in [0, 0.1) is 6.92 Å². The maximum absolute atomic E-state index is 12.3. The number of hydrogen-bond acceptors (Lipinski definition) is 2. The van der Waals surface area contributed by atoms with Crippen molar-refractivity contribution in [3.63, 3.8) is 0 Å². The van der Waals surface area contributed by atoms with E-state index < -0.39 is 0 Å². The van der Waals surface area contributed by atoms with Crippen LogP contribution in [0.4, 0.5) is 0 Å². The highest BCUT2D eigenvalue weighted by molar-refractivity contribution is 5.77. The smallest absolute Gasteiger partial charge is 0.275 e. The Morgan fingerprint density at radius 3 is 2.52 bits per heavy atom. The average molecular weight is 343 g/mol. The number of hydrogen-bond donors (Lipinski definition) is 3. The highest BCUT2D eigenvalue weighted by atomic mass is 16.3. The zero-order valence-corrected chi connectivity index (χ0v) is 15.2. The van der Waals surface area contributed by atoms with Gasteiger partial charge in [0.25, 0.3) is 5.91 Å². The van der Waals surface area contributed by atoms with Gasteiger partial charge in [-0.3, -0.25) is 4.79 Å². The van der Waals surface area contributed by atoms with Gasteiger partial charge >= 0.3 is 0 Å². The van der Waals surface area contributed by atoms with Crippen LogP contribution in [0.1, 0.15) is 29.9 Å². The number of nitrogens with one attached hydrogen (secondary N) is 3. The Kier molecular flexibility index (Phi) is 5.89. The van der Waals surface area contributed by atoms with E-state index >= 15 is 0 Å². The molecule has 5 nitrogen and oxygen atoms in total. The van der Waals surface area contributed by atoms with Crippen molar-refractivity contribution < 1.29 is 19.0 Å². The molecule has 3 rings (SSSR count). The van der Waals surface area contributed by atoms with Crippen LogP contribution in [0.15, 0.2) is 47.1 Å². The third kappa shape index (κ3) is 4.94. The van der Waals surface area contributed by atoms with Crippen molar-refractivity contribution in [2.75, 3.05) is 32.7 Å². The molecule has 1 aromatic carbocycles. The van der Waals surface area contributed by atoms with Gasteiger partial charge in [0.2, 0.25) is 0 Å². The van der Waals surface area contributed by atoms with Crippen LogP contribution in [0.5, 0.6) is 0 Å². The predicted octanol–water partition coefficient (Wildman–Crippen LogP) is -0.251. The minimum Gasteiger partial charge on any atom is -0.467 e. The molecule has 2 aromatic rings. The number of quaternary nitrogens is 2. The van der Waals surface area contributed by atoms with Gasteiger partial charge in [0.15, 0.2) is 6.54 Å². The van der Waals surface area contributed by atoms with Crippen molar-refractivity contribution >= 4 is 5.91 Å². The molecule has 0 radical (unpaired) electrons. The fraction of sp³-hybridized carbons (Fsp3) is 0.450. The van der Waals surface area contributed by atoms with Crippen LogP contribution in [0.2, 0.25) is 0 Å².